The molecule has 3 aliphatic carbocycles. The van der Waals surface area contributed by atoms with Gasteiger partial charge in [0.1, 0.15) is 22.8 Å². The number of rotatable bonds is 6. The number of hydrogen-bond donors (Lipinski definition) is 6. The predicted octanol–water partition coefficient (Wildman–Crippen LogP) is 3.16. The van der Waals surface area contributed by atoms with Gasteiger partial charge in [-0.15, -0.1) is 0 Å². The number of benzene rings is 3. The Hall–Kier alpha value is -4.93. The Morgan fingerprint density at radius 3 is 2.05 bits per heavy atom. The van der Waals surface area contributed by atoms with Crippen molar-refractivity contribution in [1.82, 2.24) is 0 Å². The Morgan fingerprint density at radius 1 is 0.932 bits per heavy atom. The van der Waals surface area contributed by atoms with Gasteiger partial charge in [0.15, 0.2) is 11.4 Å². The Morgan fingerprint density at radius 2 is 1.50 bits per heavy atom. The molecule has 0 radical (unpaired) electrons. The van der Waals surface area contributed by atoms with Gasteiger partial charge in [-0.2, -0.15) is 0 Å². The van der Waals surface area contributed by atoms with E-state index in [1.807, 2.05) is 65.6 Å². The highest BCUT2D eigenvalue weighted by Gasteiger charge is 2.64. The third kappa shape index (κ3) is 4.29. The van der Waals surface area contributed by atoms with Gasteiger partial charge in [-0.25, -0.2) is 0 Å². The zero-order valence-electron chi connectivity index (χ0n) is 23.8. The number of ketones is 2. The van der Waals surface area contributed by atoms with Crippen LogP contribution in [-0.2, 0) is 27.5 Å². The molecular formula is C34H32N2O8. The van der Waals surface area contributed by atoms with E-state index in [2.05, 4.69) is 0 Å². The highest BCUT2D eigenvalue weighted by Crippen LogP contribution is 2.56. The normalized spacial score (nSPS) is 26.2. The number of nitrogens with two attached hydrogens (primary N) is 1. The van der Waals surface area contributed by atoms with E-state index in [-0.39, 0.29) is 11.3 Å². The largest absolute Gasteiger partial charge is 0.508 e. The molecule has 10 nitrogen and oxygen atoms in total. The van der Waals surface area contributed by atoms with Gasteiger partial charge in [-0.1, -0.05) is 73.7 Å². The zero-order valence-corrected chi connectivity index (χ0v) is 23.8. The van der Waals surface area contributed by atoms with Gasteiger partial charge >= 0.3 is 0 Å². The molecule has 3 aliphatic rings. The van der Waals surface area contributed by atoms with Crippen LogP contribution in [0.15, 0.2) is 89.7 Å². The van der Waals surface area contributed by atoms with E-state index in [4.69, 9.17) is 5.73 Å². The summed E-state index contributed by atoms with van der Waals surface area (Å²) >= 11 is 0. The van der Waals surface area contributed by atoms with Crippen molar-refractivity contribution in [3.05, 3.63) is 112 Å². The molecule has 226 valence electrons. The van der Waals surface area contributed by atoms with Crippen molar-refractivity contribution in [1.29, 1.82) is 0 Å². The van der Waals surface area contributed by atoms with Crippen LogP contribution in [0.25, 0.3) is 5.76 Å². The first-order valence-corrected chi connectivity index (χ1v) is 14.3. The minimum Gasteiger partial charge on any atom is -0.508 e. The smallest absolute Gasteiger partial charge is 0.255 e. The zero-order chi connectivity index (χ0) is 31.5. The number of anilines is 1. The van der Waals surface area contributed by atoms with Crippen LogP contribution in [-0.4, -0.2) is 54.7 Å². The maximum absolute atomic E-state index is 14.0. The molecule has 0 heterocycles. The summed E-state index contributed by atoms with van der Waals surface area (Å²) in [6, 6.07) is 22.7. The SMILES string of the molecule is CC1c2ccc(N(Cc3ccccc3)Cc3ccccc3)c(O)c2C(O)=C2C(=O)C3(O)C(O)=C(C(N)=O)C(=O)CC3C(O)C21. The van der Waals surface area contributed by atoms with Crippen LogP contribution in [0, 0.1) is 11.8 Å². The summed E-state index contributed by atoms with van der Waals surface area (Å²) in [5, 5.41) is 57.3. The number of aromatic hydroxyl groups is 1. The van der Waals surface area contributed by atoms with Crippen LogP contribution in [0.2, 0.25) is 0 Å². The van der Waals surface area contributed by atoms with Crippen molar-refractivity contribution in [2.75, 3.05) is 4.90 Å². The average Bonchev–Trinajstić information content (AvgIpc) is 3.00. The fourth-order valence-electron chi connectivity index (χ4n) is 7.08. The van der Waals surface area contributed by atoms with Crippen LogP contribution in [0.1, 0.15) is 41.5 Å². The summed E-state index contributed by atoms with van der Waals surface area (Å²) in [4.78, 5) is 40.5. The topological polar surface area (TPSA) is 182 Å². The second kappa shape index (κ2) is 10.7. The maximum atomic E-state index is 14.0. The summed E-state index contributed by atoms with van der Waals surface area (Å²) in [5.41, 5.74) is 3.77. The molecule has 1 amide bonds. The molecule has 1 saturated carbocycles. The molecule has 0 saturated heterocycles. The quantitative estimate of drug-likeness (QED) is 0.233. The molecule has 1 fully saturated rings. The van der Waals surface area contributed by atoms with Gasteiger partial charge in [0.25, 0.3) is 5.91 Å². The van der Waals surface area contributed by atoms with Crippen molar-refractivity contribution in [3.8, 4) is 5.75 Å². The monoisotopic (exact) mass is 596 g/mol. The van der Waals surface area contributed by atoms with Crippen LogP contribution < -0.4 is 10.6 Å². The van der Waals surface area contributed by atoms with Crippen LogP contribution in [0.4, 0.5) is 5.69 Å². The van der Waals surface area contributed by atoms with E-state index in [9.17, 15) is 39.9 Å². The summed E-state index contributed by atoms with van der Waals surface area (Å²) in [6.07, 6.45) is -2.19. The number of amides is 1. The predicted molar refractivity (Wildman–Crippen MR) is 160 cm³/mol. The first-order chi connectivity index (χ1) is 21.0. The molecule has 5 unspecified atom stereocenters. The molecule has 3 aromatic rings. The highest BCUT2D eigenvalue weighted by molar-refractivity contribution is 6.23. The number of hydrogen-bond acceptors (Lipinski definition) is 9. The Kier molecular flexibility index (Phi) is 7.06. The standard InChI is InChI=1S/C34H32N2O8/c1-17-20-12-13-22(36(15-18-8-4-2-5-9-18)16-19-10-6-3-7-11-19)29(39)25(20)30(40)27-24(17)28(38)21-14-23(37)26(33(35)43)31(41)34(21,44)32(27)42/h2-13,17,21,24,28,38-41,44H,14-16H2,1H3,(H2,35,43). The number of Topliss-reactive ketones (excluding diaryl/α,β-unsaturated/α-hetero) is 2. The number of fused-ring (bicyclic) bond motifs is 3. The maximum Gasteiger partial charge on any atom is 0.255 e. The van der Waals surface area contributed by atoms with Gasteiger partial charge in [-0.3, -0.25) is 14.4 Å². The highest BCUT2D eigenvalue weighted by atomic mass is 16.4. The minimum absolute atomic E-state index is 0.0412. The van der Waals surface area contributed by atoms with Gasteiger partial charge in [0, 0.05) is 36.9 Å². The third-order valence-corrected chi connectivity index (χ3v) is 9.25. The molecule has 10 heteroatoms. The summed E-state index contributed by atoms with van der Waals surface area (Å²) in [7, 11) is 0. The number of primary amides is 1. The second-order valence-corrected chi connectivity index (χ2v) is 11.7. The number of carbonyl (C=O) groups is 3. The van der Waals surface area contributed by atoms with Crippen molar-refractivity contribution in [3.63, 3.8) is 0 Å². The third-order valence-electron chi connectivity index (χ3n) is 9.25. The number of aliphatic hydroxyl groups is 4. The van der Waals surface area contributed by atoms with Gasteiger partial charge < -0.3 is 36.2 Å². The van der Waals surface area contributed by atoms with Crippen LogP contribution >= 0.6 is 0 Å². The van der Waals surface area contributed by atoms with E-state index in [0.29, 0.717) is 24.3 Å². The van der Waals surface area contributed by atoms with Crippen LogP contribution in [0.5, 0.6) is 5.75 Å². The lowest BCUT2D eigenvalue weighted by atomic mass is 9.55. The number of aliphatic hydroxyl groups excluding tert-OH is 3. The number of phenolic OH excluding ortho intramolecular Hbond substituents is 1. The molecule has 3 aromatic carbocycles. The fraction of sp³-hybridized carbons (Fsp3) is 0.265. The fourth-order valence-corrected chi connectivity index (χ4v) is 7.08. The van der Waals surface area contributed by atoms with Crippen molar-refractivity contribution in [2.45, 2.75) is 44.1 Å². The molecular weight excluding hydrogens is 564 g/mol. The van der Waals surface area contributed by atoms with Crippen molar-refractivity contribution < 1.29 is 39.9 Å². The molecule has 0 bridgehead atoms. The Labute approximate surface area is 253 Å². The van der Waals surface area contributed by atoms with Crippen molar-refractivity contribution >= 4 is 28.9 Å². The Bertz CT molecular complexity index is 1710. The molecule has 5 atom stereocenters. The van der Waals surface area contributed by atoms with Crippen LogP contribution in [0.3, 0.4) is 0 Å². The summed E-state index contributed by atoms with van der Waals surface area (Å²) in [5.74, 6) is -8.86. The molecule has 44 heavy (non-hydrogen) atoms. The molecule has 7 N–H and O–H groups in total. The molecule has 0 aliphatic heterocycles. The van der Waals surface area contributed by atoms with Crippen molar-refractivity contribution in [2.24, 2.45) is 17.6 Å². The molecule has 6 rings (SSSR count). The average molecular weight is 597 g/mol. The first-order valence-electron chi connectivity index (χ1n) is 14.3. The second-order valence-electron chi connectivity index (χ2n) is 11.7. The lowest BCUT2D eigenvalue weighted by molar-refractivity contribution is -0.160. The first kappa shape index (κ1) is 29.2. The van der Waals surface area contributed by atoms with E-state index < -0.39 is 76.0 Å². The summed E-state index contributed by atoms with van der Waals surface area (Å²) in [6.45, 7) is 2.51. The van der Waals surface area contributed by atoms with Gasteiger partial charge in [-0.05, 0) is 28.7 Å². The number of nitrogens with zero attached hydrogens (tertiary/aromatic N) is 1. The number of phenols is 1. The summed E-state index contributed by atoms with van der Waals surface area (Å²) < 4.78 is 0. The molecule has 0 spiro atoms. The molecule has 0 aromatic heterocycles. The van der Waals surface area contributed by atoms with E-state index in [0.717, 1.165) is 11.1 Å². The number of carbonyl (C=O) groups excluding carboxylic acids is 3. The van der Waals surface area contributed by atoms with Gasteiger partial charge in [0.2, 0.25) is 5.78 Å². The minimum atomic E-state index is -2.88. The van der Waals surface area contributed by atoms with E-state index >= 15 is 0 Å². The lowest BCUT2D eigenvalue weighted by Gasteiger charge is -2.50. The Balaban J connectivity index is 1.50. The lowest BCUT2D eigenvalue weighted by Crippen LogP contribution is -2.63. The van der Waals surface area contributed by atoms with E-state index in [1.54, 1.807) is 19.1 Å². The van der Waals surface area contributed by atoms with E-state index in [1.165, 1.54) is 0 Å². The van der Waals surface area contributed by atoms with Gasteiger partial charge in [0.05, 0.1) is 17.4 Å².